The Hall–Kier alpha value is -3.82. The molecule has 0 bridgehead atoms. The summed E-state index contributed by atoms with van der Waals surface area (Å²) in [5.41, 5.74) is 8.20. The first-order valence-electron chi connectivity index (χ1n) is 13.6. The summed E-state index contributed by atoms with van der Waals surface area (Å²) in [7, 11) is 2.17. The third kappa shape index (κ3) is 4.41. The van der Waals surface area contributed by atoms with Crippen LogP contribution in [-0.4, -0.2) is 81.3 Å². The van der Waals surface area contributed by atoms with E-state index in [1.54, 1.807) is 0 Å². The molecule has 0 amide bonds. The third-order valence-corrected chi connectivity index (χ3v) is 8.11. The van der Waals surface area contributed by atoms with Gasteiger partial charge in [0.05, 0.1) is 11.2 Å². The molecule has 9 heteroatoms. The molecule has 4 aromatic heterocycles. The molecule has 0 aliphatic carbocycles. The number of fused-ring (bicyclic) bond motifs is 2. The van der Waals surface area contributed by atoms with Gasteiger partial charge in [0, 0.05) is 55.7 Å². The smallest absolute Gasteiger partial charge is 0.180 e. The van der Waals surface area contributed by atoms with E-state index in [2.05, 4.69) is 77.6 Å². The Labute approximate surface area is 221 Å². The van der Waals surface area contributed by atoms with Crippen LogP contribution in [0.15, 0.2) is 48.9 Å². The Morgan fingerprint density at radius 3 is 2.71 bits per heavy atom. The highest BCUT2D eigenvalue weighted by molar-refractivity contribution is 5.96. The van der Waals surface area contributed by atoms with Crippen LogP contribution in [0.3, 0.4) is 0 Å². The number of imidazole rings is 1. The Kier molecular flexibility index (Phi) is 6.02. The lowest BCUT2D eigenvalue weighted by Gasteiger charge is -2.34. The van der Waals surface area contributed by atoms with E-state index in [-0.39, 0.29) is 0 Å². The Balaban J connectivity index is 1.22. The van der Waals surface area contributed by atoms with Crippen molar-refractivity contribution in [3.8, 4) is 22.6 Å². The fourth-order valence-electron chi connectivity index (χ4n) is 5.87. The molecule has 0 atom stereocenters. The van der Waals surface area contributed by atoms with Crippen LogP contribution in [0, 0.1) is 5.92 Å². The van der Waals surface area contributed by atoms with E-state index >= 15 is 0 Å². The minimum absolute atomic E-state index is 0.721. The lowest BCUT2D eigenvalue weighted by Crippen LogP contribution is -2.44. The van der Waals surface area contributed by atoms with Crippen LogP contribution < -0.4 is 10.2 Å². The van der Waals surface area contributed by atoms with Crippen LogP contribution in [-0.2, 0) is 6.42 Å². The summed E-state index contributed by atoms with van der Waals surface area (Å²) in [5.74, 6) is 1.46. The van der Waals surface area contributed by atoms with Crippen LogP contribution >= 0.6 is 0 Å². The number of aromatic nitrogens is 6. The van der Waals surface area contributed by atoms with Crippen molar-refractivity contribution in [2.45, 2.75) is 19.3 Å². The van der Waals surface area contributed by atoms with E-state index in [1.807, 2.05) is 18.6 Å². The molecule has 6 heterocycles. The predicted octanol–water partition coefficient (Wildman–Crippen LogP) is 3.86. The van der Waals surface area contributed by atoms with Crippen LogP contribution in [0.4, 0.5) is 5.69 Å². The number of pyridine rings is 2. The molecule has 0 spiro atoms. The second-order valence-corrected chi connectivity index (χ2v) is 10.7. The van der Waals surface area contributed by atoms with Gasteiger partial charge in [-0.2, -0.15) is 5.10 Å². The number of hydrogen-bond donors (Lipinski definition) is 3. The molecule has 2 aliphatic rings. The maximum atomic E-state index is 4.85. The molecular formula is C29H33N9. The van der Waals surface area contributed by atoms with Crippen molar-refractivity contribution >= 4 is 27.8 Å². The van der Waals surface area contributed by atoms with Gasteiger partial charge in [-0.15, -0.1) is 0 Å². The highest BCUT2D eigenvalue weighted by Crippen LogP contribution is 2.32. The summed E-state index contributed by atoms with van der Waals surface area (Å²) in [4.78, 5) is 22.3. The van der Waals surface area contributed by atoms with Crippen molar-refractivity contribution in [2.24, 2.45) is 5.92 Å². The number of aromatic amines is 2. The van der Waals surface area contributed by atoms with Crippen LogP contribution in [0.2, 0.25) is 0 Å². The van der Waals surface area contributed by atoms with E-state index in [0.29, 0.717) is 0 Å². The number of rotatable bonds is 5. The Bertz CT molecular complexity index is 1570. The van der Waals surface area contributed by atoms with Gasteiger partial charge in [0.2, 0.25) is 0 Å². The summed E-state index contributed by atoms with van der Waals surface area (Å²) in [6.07, 6.45) is 9.39. The van der Waals surface area contributed by atoms with Gasteiger partial charge in [0.1, 0.15) is 11.2 Å². The van der Waals surface area contributed by atoms with Crippen LogP contribution in [0.25, 0.3) is 44.7 Å². The van der Waals surface area contributed by atoms with Crippen molar-refractivity contribution in [1.82, 2.24) is 40.3 Å². The zero-order chi connectivity index (χ0) is 25.5. The van der Waals surface area contributed by atoms with E-state index in [0.717, 1.165) is 102 Å². The quantitative estimate of drug-likeness (QED) is 0.332. The minimum Gasteiger partial charge on any atom is -0.367 e. The molecule has 194 valence electrons. The van der Waals surface area contributed by atoms with Gasteiger partial charge in [-0.25, -0.2) is 9.97 Å². The molecule has 2 aliphatic heterocycles. The monoisotopic (exact) mass is 507 g/mol. The van der Waals surface area contributed by atoms with E-state index in [1.165, 1.54) is 18.4 Å². The third-order valence-electron chi connectivity index (χ3n) is 8.11. The van der Waals surface area contributed by atoms with Gasteiger partial charge in [-0.1, -0.05) is 6.07 Å². The highest BCUT2D eigenvalue weighted by Gasteiger charge is 2.21. The minimum atomic E-state index is 0.721. The zero-order valence-corrected chi connectivity index (χ0v) is 21.7. The fourth-order valence-corrected chi connectivity index (χ4v) is 5.87. The number of nitrogens with one attached hydrogen (secondary N) is 3. The lowest BCUT2D eigenvalue weighted by molar-refractivity contribution is 0.313. The van der Waals surface area contributed by atoms with Gasteiger partial charge in [0.15, 0.2) is 11.5 Å². The van der Waals surface area contributed by atoms with Crippen LogP contribution in [0.5, 0.6) is 0 Å². The average Bonchev–Trinajstić information content (AvgIpc) is 3.58. The summed E-state index contributed by atoms with van der Waals surface area (Å²) in [6, 6.07) is 10.8. The van der Waals surface area contributed by atoms with E-state index in [9.17, 15) is 0 Å². The number of piperazine rings is 1. The second kappa shape index (κ2) is 9.81. The van der Waals surface area contributed by atoms with Gasteiger partial charge in [0.25, 0.3) is 0 Å². The van der Waals surface area contributed by atoms with E-state index < -0.39 is 0 Å². The largest absolute Gasteiger partial charge is 0.367 e. The second-order valence-electron chi connectivity index (χ2n) is 10.7. The molecule has 0 saturated carbocycles. The maximum Gasteiger partial charge on any atom is 0.180 e. The van der Waals surface area contributed by atoms with Gasteiger partial charge < -0.3 is 20.1 Å². The molecule has 7 rings (SSSR count). The first kappa shape index (κ1) is 23.3. The first-order chi connectivity index (χ1) is 18.7. The molecular weight excluding hydrogens is 474 g/mol. The standard InChI is InChI=1S/C29H33N9/c1-37-10-12-38(13-11-37)25-6-9-32-28-27(25)33-29(34-28)26-23-16-21(2-3-24(23)35-36-26)22-15-20(17-31-18-22)14-19-4-7-30-8-5-19/h2-3,6,9,15-19,30H,4-5,7-8,10-14H2,1H3,(H,35,36)(H,32,33,34). The number of likely N-dealkylation sites (N-methyl/N-ethyl adjacent to an activating group) is 1. The SMILES string of the molecule is CN1CCN(c2ccnc3nc(-c4n[nH]c5ccc(-c6cncc(CC7CCNCC7)c6)cc45)[nH]c23)CC1. The Morgan fingerprint density at radius 2 is 1.84 bits per heavy atom. The molecule has 38 heavy (non-hydrogen) atoms. The molecule has 0 radical (unpaired) electrons. The number of benzene rings is 1. The zero-order valence-electron chi connectivity index (χ0n) is 21.7. The molecule has 2 fully saturated rings. The van der Waals surface area contributed by atoms with Crippen molar-refractivity contribution in [3.05, 3.63) is 54.5 Å². The number of nitrogens with zero attached hydrogens (tertiary/aromatic N) is 6. The topological polar surface area (TPSA) is 102 Å². The summed E-state index contributed by atoms with van der Waals surface area (Å²) >= 11 is 0. The predicted molar refractivity (Wildman–Crippen MR) is 151 cm³/mol. The summed E-state index contributed by atoms with van der Waals surface area (Å²) in [5, 5.41) is 12.3. The average molecular weight is 508 g/mol. The normalized spacial score (nSPS) is 17.6. The lowest BCUT2D eigenvalue weighted by atomic mass is 9.91. The first-order valence-corrected chi connectivity index (χ1v) is 13.6. The van der Waals surface area contributed by atoms with Crippen molar-refractivity contribution in [1.29, 1.82) is 0 Å². The molecule has 2 saturated heterocycles. The van der Waals surface area contributed by atoms with Crippen LogP contribution in [0.1, 0.15) is 18.4 Å². The number of H-pyrrole nitrogens is 2. The molecule has 5 aromatic rings. The number of anilines is 1. The maximum absolute atomic E-state index is 4.85. The number of hydrogen-bond acceptors (Lipinski definition) is 7. The Morgan fingerprint density at radius 1 is 0.974 bits per heavy atom. The summed E-state index contributed by atoms with van der Waals surface area (Å²) in [6.45, 7) is 6.31. The molecule has 3 N–H and O–H groups in total. The highest BCUT2D eigenvalue weighted by atomic mass is 15.3. The molecule has 0 unspecified atom stereocenters. The summed E-state index contributed by atoms with van der Waals surface area (Å²) < 4.78 is 0. The van der Waals surface area contributed by atoms with Crippen molar-refractivity contribution in [3.63, 3.8) is 0 Å². The van der Waals surface area contributed by atoms with Gasteiger partial charge >= 0.3 is 0 Å². The molecule has 9 nitrogen and oxygen atoms in total. The van der Waals surface area contributed by atoms with Gasteiger partial charge in [-0.05, 0) is 80.7 Å². The number of piperidine rings is 1. The molecule has 1 aromatic carbocycles. The van der Waals surface area contributed by atoms with Crippen molar-refractivity contribution in [2.75, 3.05) is 51.2 Å². The van der Waals surface area contributed by atoms with Gasteiger partial charge in [-0.3, -0.25) is 10.1 Å². The van der Waals surface area contributed by atoms with E-state index in [4.69, 9.17) is 4.98 Å². The van der Waals surface area contributed by atoms with Crippen molar-refractivity contribution < 1.29 is 0 Å². The fraction of sp³-hybridized carbons (Fsp3) is 0.379.